The normalized spacial score (nSPS) is 12.1. The summed E-state index contributed by atoms with van der Waals surface area (Å²) in [4.78, 5) is 14.5. The van der Waals surface area contributed by atoms with Crippen molar-refractivity contribution >= 4 is 49.6 Å². The van der Waals surface area contributed by atoms with Gasteiger partial charge in [-0.2, -0.15) is 0 Å². The van der Waals surface area contributed by atoms with Crippen molar-refractivity contribution in [2.45, 2.75) is 13.3 Å². The number of fused-ring (bicyclic) bond motifs is 6. The first-order valence-electron chi connectivity index (χ1n) is 19.3. The van der Waals surface area contributed by atoms with Gasteiger partial charge in [0.2, 0.25) is 0 Å². The molecule has 6 heteroatoms. The molecule has 10 aromatic rings. The molecule has 0 saturated carbocycles. The van der Waals surface area contributed by atoms with Crippen molar-refractivity contribution in [3.8, 4) is 44.9 Å². The Morgan fingerprint density at radius 1 is 0.526 bits per heavy atom. The third kappa shape index (κ3) is 5.86. The monoisotopic (exact) mass is 734 g/mol. The fraction of sp³-hybridized carbons (Fsp3) is 0.0392. The summed E-state index contributed by atoms with van der Waals surface area (Å²) >= 11 is 0. The molecule has 5 aromatic heterocycles. The number of pyridine rings is 3. The summed E-state index contributed by atoms with van der Waals surface area (Å²) in [6.45, 7) is 2.12. The van der Waals surface area contributed by atoms with E-state index in [1.165, 1.54) is 0 Å². The minimum absolute atomic E-state index is 0.735. The first kappa shape index (κ1) is 34.0. The molecule has 57 heavy (non-hydrogen) atoms. The average molecular weight is 735 g/mol. The van der Waals surface area contributed by atoms with Crippen LogP contribution in [0, 0.1) is 0 Å². The minimum Gasteiger partial charge on any atom is -0.398 e. The fourth-order valence-electron chi connectivity index (χ4n) is 8.20. The third-order valence-corrected chi connectivity index (χ3v) is 10.8. The zero-order valence-corrected chi connectivity index (χ0v) is 31.4. The lowest BCUT2D eigenvalue weighted by Crippen LogP contribution is -1.99. The SMILES string of the molecule is CC/C=C\C=C(/N)c1ccccc1-c1ccc2c(c1)c1ncccc1n2-c1cccc(-n2c3ccc(-c4ccccc4-c4ccccn4)cc3c3ncccc32)c1. The Hall–Kier alpha value is -7.57. The summed E-state index contributed by atoms with van der Waals surface area (Å²) in [7, 11) is 0. The Labute approximate surface area is 330 Å². The molecule has 0 aliphatic carbocycles. The van der Waals surface area contributed by atoms with Gasteiger partial charge in [-0.25, -0.2) is 0 Å². The highest BCUT2D eigenvalue weighted by molar-refractivity contribution is 6.10. The van der Waals surface area contributed by atoms with E-state index in [9.17, 15) is 0 Å². The Balaban J connectivity index is 1.11. The number of aromatic nitrogens is 5. The largest absolute Gasteiger partial charge is 0.398 e. The maximum atomic E-state index is 6.63. The number of hydrogen-bond donors (Lipinski definition) is 1. The molecular formula is C51H38N6. The molecule has 0 unspecified atom stereocenters. The quantitative estimate of drug-likeness (QED) is 0.158. The van der Waals surface area contributed by atoms with Gasteiger partial charge in [0.15, 0.2) is 0 Å². The van der Waals surface area contributed by atoms with E-state index in [1.54, 1.807) is 0 Å². The van der Waals surface area contributed by atoms with Crippen LogP contribution in [0.15, 0.2) is 188 Å². The van der Waals surface area contributed by atoms with E-state index >= 15 is 0 Å². The number of benzene rings is 5. The molecule has 5 aromatic carbocycles. The van der Waals surface area contributed by atoms with Gasteiger partial charge in [-0.1, -0.05) is 91.9 Å². The van der Waals surface area contributed by atoms with Gasteiger partial charge >= 0.3 is 0 Å². The van der Waals surface area contributed by atoms with E-state index in [0.29, 0.717) is 0 Å². The van der Waals surface area contributed by atoms with Gasteiger partial charge in [0.1, 0.15) is 0 Å². The van der Waals surface area contributed by atoms with Crippen molar-refractivity contribution in [1.82, 2.24) is 24.1 Å². The van der Waals surface area contributed by atoms with Crippen LogP contribution in [-0.2, 0) is 0 Å². The molecular weight excluding hydrogens is 697 g/mol. The molecule has 0 aliphatic heterocycles. The number of hydrogen-bond acceptors (Lipinski definition) is 4. The highest BCUT2D eigenvalue weighted by atomic mass is 15.0. The van der Waals surface area contributed by atoms with Crippen LogP contribution in [0.4, 0.5) is 0 Å². The highest BCUT2D eigenvalue weighted by Gasteiger charge is 2.19. The minimum atomic E-state index is 0.735. The predicted molar refractivity (Wildman–Crippen MR) is 236 cm³/mol. The smallest absolute Gasteiger partial charge is 0.0963 e. The Morgan fingerprint density at radius 2 is 1.11 bits per heavy atom. The van der Waals surface area contributed by atoms with Crippen molar-refractivity contribution in [3.05, 3.63) is 194 Å². The van der Waals surface area contributed by atoms with Crippen LogP contribution in [0.3, 0.4) is 0 Å². The van der Waals surface area contributed by atoms with Gasteiger partial charge in [-0.15, -0.1) is 0 Å². The first-order valence-corrected chi connectivity index (χ1v) is 19.3. The molecule has 0 saturated heterocycles. The molecule has 10 rings (SSSR count). The summed E-state index contributed by atoms with van der Waals surface area (Å²) in [5, 5.41) is 2.17. The highest BCUT2D eigenvalue weighted by Crippen LogP contribution is 2.39. The predicted octanol–water partition coefficient (Wildman–Crippen LogP) is 12.3. The van der Waals surface area contributed by atoms with Gasteiger partial charge in [-0.05, 0) is 114 Å². The summed E-state index contributed by atoms with van der Waals surface area (Å²) in [6, 6.07) is 53.3. The summed E-state index contributed by atoms with van der Waals surface area (Å²) in [5.41, 5.74) is 23.1. The van der Waals surface area contributed by atoms with Crippen LogP contribution in [0.5, 0.6) is 0 Å². The molecule has 0 amide bonds. The van der Waals surface area contributed by atoms with Crippen molar-refractivity contribution < 1.29 is 0 Å². The van der Waals surface area contributed by atoms with Crippen molar-refractivity contribution in [1.29, 1.82) is 0 Å². The average Bonchev–Trinajstić information content (AvgIpc) is 3.79. The van der Waals surface area contributed by atoms with E-state index in [4.69, 9.17) is 15.7 Å². The number of rotatable bonds is 8. The zero-order chi connectivity index (χ0) is 38.3. The van der Waals surface area contributed by atoms with E-state index in [1.807, 2.05) is 61.1 Å². The second-order valence-electron chi connectivity index (χ2n) is 14.2. The van der Waals surface area contributed by atoms with Gasteiger partial charge in [0.05, 0.1) is 38.8 Å². The Bertz CT molecular complexity index is 3180. The van der Waals surface area contributed by atoms with Crippen molar-refractivity contribution in [2.75, 3.05) is 0 Å². The van der Waals surface area contributed by atoms with Crippen LogP contribution in [0.1, 0.15) is 18.9 Å². The van der Waals surface area contributed by atoms with Crippen LogP contribution < -0.4 is 5.73 Å². The molecule has 0 aliphatic rings. The maximum absolute atomic E-state index is 6.63. The van der Waals surface area contributed by atoms with Crippen molar-refractivity contribution in [3.63, 3.8) is 0 Å². The molecule has 0 atom stereocenters. The Morgan fingerprint density at radius 3 is 1.74 bits per heavy atom. The number of nitrogens with two attached hydrogens (primary N) is 1. The van der Waals surface area contributed by atoms with Crippen LogP contribution in [0.2, 0.25) is 0 Å². The van der Waals surface area contributed by atoms with Crippen LogP contribution in [-0.4, -0.2) is 24.1 Å². The van der Waals surface area contributed by atoms with Crippen LogP contribution >= 0.6 is 0 Å². The van der Waals surface area contributed by atoms with Gasteiger partial charge < -0.3 is 14.9 Å². The summed E-state index contributed by atoms with van der Waals surface area (Å²) in [6.07, 6.45) is 12.7. The van der Waals surface area contributed by atoms with E-state index in [-0.39, 0.29) is 0 Å². The topological polar surface area (TPSA) is 74.5 Å². The second kappa shape index (κ2) is 14.3. The number of nitrogens with zero attached hydrogens (tertiary/aromatic N) is 5. The lowest BCUT2D eigenvalue weighted by Gasteiger charge is -2.13. The second-order valence-corrected chi connectivity index (χ2v) is 14.2. The zero-order valence-electron chi connectivity index (χ0n) is 31.4. The molecule has 272 valence electrons. The van der Waals surface area contributed by atoms with E-state index in [0.717, 1.165) is 106 Å². The Kier molecular flexibility index (Phi) is 8.49. The van der Waals surface area contributed by atoms with Gasteiger partial charge in [0.25, 0.3) is 0 Å². The van der Waals surface area contributed by atoms with Gasteiger partial charge in [-0.3, -0.25) is 15.0 Å². The molecule has 0 spiro atoms. The molecule has 2 N–H and O–H groups in total. The summed E-state index contributed by atoms with van der Waals surface area (Å²) in [5.74, 6) is 0. The number of allylic oxidation sites excluding steroid dienone is 3. The van der Waals surface area contributed by atoms with E-state index < -0.39 is 0 Å². The lowest BCUT2D eigenvalue weighted by atomic mass is 9.96. The standard InChI is InChI=1S/C51H38N6/c1-2-3-4-20-44(52)40-18-7-5-16-38(40)34-24-26-46-42(31-34)50-48(22-12-29-54-50)56(46)36-14-11-15-37(33-36)57-47-27-25-35(32-43(47)51-49(57)23-13-30-55-51)39-17-6-8-19-41(39)45-21-9-10-28-53-45/h3-33H,2,52H2,1H3/b4-3-,44-20-. The van der Waals surface area contributed by atoms with Gasteiger partial charge in [0, 0.05) is 57.6 Å². The van der Waals surface area contributed by atoms with E-state index in [2.05, 4.69) is 148 Å². The molecule has 0 fully saturated rings. The third-order valence-electron chi connectivity index (χ3n) is 10.8. The lowest BCUT2D eigenvalue weighted by molar-refractivity contribution is 1.13. The molecule has 6 nitrogen and oxygen atoms in total. The molecule has 5 heterocycles. The van der Waals surface area contributed by atoms with Crippen LogP contribution in [0.25, 0.3) is 94.5 Å². The fourth-order valence-corrected chi connectivity index (χ4v) is 8.20. The first-order chi connectivity index (χ1) is 28.2. The summed E-state index contributed by atoms with van der Waals surface area (Å²) < 4.78 is 4.64. The van der Waals surface area contributed by atoms with Crippen molar-refractivity contribution in [2.24, 2.45) is 5.73 Å². The molecule has 0 bridgehead atoms. The maximum Gasteiger partial charge on any atom is 0.0963 e. The molecule has 0 radical (unpaired) electrons.